The van der Waals surface area contributed by atoms with E-state index < -0.39 is 5.60 Å². The van der Waals surface area contributed by atoms with Gasteiger partial charge in [-0.15, -0.1) is 11.3 Å². The largest absolute Gasteiger partial charge is 0.444 e. The lowest BCUT2D eigenvalue weighted by molar-refractivity contribution is 0.0528. The van der Waals surface area contributed by atoms with Gasteiger partial charge in [-0.2, -0.15) is 0 Å². The SMILES string of the molecule is C[C@H](NCCNC(=O)OC(C)(C)C)c1cccs1. The van der Waals surface area contributed by atoms with Gasteiger partial charge in [0.15, 0.2) is 0 Å². The molecule has 0 unspecified atom stereocenters. The molecular formula is C13H22N2O2S. The first-order chi connectivity index (χ1) is 8.38. The summed E-state index contributed by atoms with van der Waals surface area (Å²) in [5, 5.41) is 8.12. The maximum absolute atomic E-state index is 11.4. The maximum Gasteiger partial charge on any atom is 0.407 e. The Morgan fingerprint density at radius 1 is 1.44 bits per heavy atom. The predicted molar refractivity (Wildman–Crippen MR) is 75.0 cm³/mol. The first-order valence-electron chi connectivity index (χ1n) is 6.12. The summed E-state index contributed by atoms with van der Waals surface area (Å²) in [5.74, 6) is 0. The zero-order chi connectivity index (χ0) is 13.6. The fourth-order valence-corrected chi connectivity index (χ4v) is 2.16. The number of nitrogens with one attached hydrogen (secondary N) is 2. The molecule has 0 aliphatic carbocycles. The molecule has 0 aliphatic heterocycles. The Morgan fingerprint density at radius 3 is 2.72 bits per heavy atom. The molecule has 18 heavy (non-hydrogen) atoms. The number of carbonyl (C=O) groups excluding carboxylic acids is 1. The van der Waals surface area contributed by atoms with Crippen molar-refractivity contribution in [3.8, 4) is 0 Å². The molecule has 4 nitrogen and oxygen atoms in total. The number of amides is 1. The lowest BCUT2D eigenvalue weighted by Gasteiger charge is -2.20. The molecule has 0 aromatic carbocycles. The van der Waals surface area contributed by atoms with Gasteiger partial charge in [0, 0.05) is 24.0 Å². The van der Waals surface area contributed by atoms with Crippen molar-refractivity contribution in [2.45, 2.75) is 39.3 Å². The van der Waals surface area contributed by atoms with Gasteiger partial charge in [-0.25, -0.2) is 4.79 Å². The number of hydrogen-bond acceptors (Lipinski definition) is 4. The van der Waals surface area contributed by atoms with Crippen LogP contribution in [-0.4, -0.2) is 24.8 Å². The highest BCUT2D eigenvalue weighted by molar-refractivity contribution is 7.10. The van der Waals surface area contributed by atoms with Crippen molar-refractivity contribution >= 4 is 17.4 Å². The molecule has 5 heteroatoms. The minimum absolute atomic E-state index is 0.311. The molecule has 0 saturated carbocycles. The molecule has 0 spiro atoms. The highest BCUT2D eigenvalue weighted by atomic mass is 32.1. The van der Waals surface area contributed by atoms with Gasteiger partial charge in [-0.1, -0.05) is 6.07 Å². The predicted octanol–water partition coefficient (Wildman–Crippen LogP) is 2.92. The minimum atomic E-state index is -0.443. The van der Waals surface area contributed by atoms with Crippen LogP contribution >= 0.6 is 11.3 Å². The summed E-state index contributed by atoms with van der Waals surface area (Å²) < 4.78 is 5.14. The van der Waals surface area contributed by atoms with Crippen LogP contribution in [0.25, 0.3) is 0 Å². The highest BCUT2D eigenvalue weighted by Crippen LogP contribution is 2.17. The fourth-order valence-electron chi connectivity index (χ4n) is 1.41. The van der Waals surface area contributed by atoms with Gasteiger partial charge in [-0.3, -0.25) is 0 Å². The molecule has 2 N–H and O–H groups in total. The van der Waals surface area contributed by atoms with E-state index >= 15 is 0 Å². The number of alkyl carbamates (subject to hydrolysis) is 1. The third-order valence-corrected chi connectivity index (χ3v) is 3.27. The van der Waals surface area contributed by atoms with Crippen LogP contribution in [0.3, 0.4) is 0 Å². The topological polar surface area (TPSA) is 50.4 Å². The fraction of sp³-hybridized carbons (Fsp3) is 0.615. The number of thiophene rings is 1. The highest BCUT2D eigenvalue weighted by Gasteiger charge is 2.15. The molecule has 0 aliphatic rings. The van der Waals surface area contributed by atoms with E-state index in [-0.39, 0.29) is 6.09 Å². The van der Waals surface area contributed by atoms with Gasteiger partial charge < -0.3 is 15.4 Å². The molecule has 0 radical (unpaired) electrons. The number of ether oxygens (including phenoxy) is 1. The molecule has 0 bridgehead atoms. The van der Waals surface area contributed by atoms with Crippen LogP contribution in [0.4, 0.5) is 4.79 Å². The van der Waals surface area contributed by atoms with Crippen molar-refractivity contribution in [2.75, 3.05) is 13.1 Å². The van der Waals surface area contributed by atoms with E-state index in [1.165, 1.54) is 4.88 Å². The van der Waals surface area contributed by atoms with E-state index in [9.17, 15) is 4.79 Å². The molecule has 102 valence electrons. The molecule has 1 rings (SSSR count). The van der Waals surface area contributed by atoms with Crippen LogP contribution in [0.5, 0.6) is 0 Å². The van der Waals surface area contributed by atoms with E-state index in [0.717, 1.165) is 6.54 Å². The Kier molecular flexibility index (Phi) is 5.62. The average Bonchev–Trinajstić information content (AvgIpc) is 2.74. The van der Waals surface area contributed by atoms with Crippen LogP contribution in [-0.2, 0) is 4.74 Å². The number of hydrogen-bond donors (Lipinski definition) is 2. The summed E-state index contributed by atoms with van der Waals surface area (Å²) in [6, 6.07) is 4.45. The maximum atomic E-state index is 11.4. The average molecular weight is 270 g/mol. The number of rotatable bonds is 5. The molecule has 1 heterocycles. The first-order valence-corrected chi connectivity index (χ1v) is 7.00. The Hall–Kier alpha value is -1.07. The van der Waals surface area contributed by atoms with E-state index in [1.807, 2.05) is 26.8 Å². The zero-order valence-electron chi connectivity index (χ0n) is 11.4. The molecule has 0 saturated heterocycles. The molecule has 1 aromatic heterocycles. The quantitative estimate of drug-likeness (QED) is 0.809. The van der Waals surface area contributed by atoms with Crippen LogP contribution in [0, 0.1) is 0 Å². The second-order valence-electron chi connectivity index (χ2n) is 5.12. The molecule has 1 atom stereocenters. The van der Waals surface area contributed by atoms with Crippen molar-refractivity contribution in [1.29, 1.82) is 0 Å². The summed E-state index contributed by atoms with van der Waals surface area (Å²) in [4.78, 5) is 12.7. The monoisotopic (exact) mass is 270 g/mol. The third-order valence-electron chi connectivity index (χ3n) is 2.21. The van der Waals surface area contributed by atoms with Crippen LogP contribution in [0.15, 0.2) is 17.5 Å². The van der Waals surface area contributed by atoms with E-state index in [4.69, 9.17) is 4.74 Å². The minimum Gasteiger partial charge on any atom is -0.444 e. The van der Waals surface area contributed by atoms with Crippen molar-refractivity contribution in [2.24, 2.45) is 0 Å². The second-order valence-corrected chi connectivity index (χ2v) is 6.10. The lowest BCUT2D eigenvalue weighted by Crippen LogP contribution is -2.36. The normalized spacial score (nSPS) is 13.1. The summed E-state index contributed by atoms with van der Waals surface area (Å²) in [6.45, 7) is 8.94. The Balaban J connectivity index is 2.14. The van der Waals surface area contributed by atoms with Crippen molar-refractivity contribution < 1.29 is 9.53 Å². The molecule has 1 aromatic rings. The van der Waals surface area contributed by atoms with Crippen LogP contribution in [0.2, 0.25) is 0 Å². The lowest BCUT2D eigenvalue weighted by atomic mass is 10.2. The Bertz CT molecular complexity index is 358. The molecule has 1 amide bonds. The molecular weight excluding hydrogens is 248 g/mol. The van der Waals surface area contributed by atoms with E-state index in [1.54, 1.807) is 11.3 Å². The van der Waals surface area contributed by atoms with E-state index in [2.05, 4.69) is 29.0 Å². The van der Waals surface area contributed by atoms with Gasteiger partial charge >= 0.3 is 6.09 Å². The van der Waals surface area contributed by atoms with Gasteiger partial charge in [0.05, 0.1) is 0 Å². The van der Waals surface area contributed by atoms with Gasteiger partial charge in [0.2, 0.25) is 0 Å². The zero-order valence-corrected chi connectivity index (χ0v) is 12.3. The van der Waals surface area contributed by atoms with Crippen molar-refractivity contribution in [3.63, 3.8) is 0 Å². The summed E-state index contributed by atoms with van der Waals surface area (Å²) in [6.07, 6.45) is -0.368. The third kappa shape index (κ3) is 6.02. The van der Waals surface area contributed by atoms with E-state index in [0.29, 0.717) is 12.6 Å². The number of carbonyl (C=O) groups is 1. The van der Waals surface area contributed by atoms with Crippen LogP contribution in [0.1, 0.15) is 38.6 Å². The van der Waals surface area contributed by atoms with Gasteiger partial charge in [0.25, 0.3) is 0 Å². The summed E-state index contributed by atoms with van der Waals surface area (Å²) in [7, 11) is 0. The smallest absolute Gasteiger partial charge is 0.407 e. The van der Waals surface area contributed by atoms with Crippen molar-refractivity contribution in [3.05, 3.63) is 22.4 Å². The molecule has 0 fully saturated rings. The Labute approximate surface area is 113 Å². The second kappa shape index (κ2) is 6.75. The van der Waals surface area contributed by atoms with Gasteiger partial charge in [-0.05, 0) is 39.1 Å². The standard InChI is InChI=1S/C13H22N2O2S/c1-10(11-6-5-9-18-11)14-7-8-15-12(16)17-13(2,3)4/h5-6,9-10,14H,7-8H2,1-4H3,(H,15,16)/t10-/m0/s1. The Morgan fingerprint density at radius 2 is 2.17 bits per heavy atom. The summed E-state index contributed by atoms with van der Waals surface area (Å²) >= 11 is 1.73. The van der Waals surface area contributed by atoms with Crippen molar-refractivity contribution in [1.82, 2.24) is 10.6 Å². The van der Waals surface area contributed by atoms with Crippen LogP contribution < -0.4 is 10.6 Å². The van der Waals surface area contributed by atoms with Gasteiger partial charge in [0.1, 0.15) is 5.60 Å². The first kappa shape index (κ1) is 15.0. The summed E-state index contributed by atoms with van der Waals surface area (Å²) in [5.41, 5.74) is -0.443.